The molecule has 2 aromatic rings. The number of rotatable bonds is 1. The molecule has 2 unspecified atom stereocenters. The van der Waals surface area contributed by atoms with E-state index in [4.69, 9.17) is 12.2 Å². The van der Waals surface area contributed by atoms with Crippen LogP contribution in [0.2, 0.25) is 0 Å². The summed E-state index contributed by atoms with van der Waals surface area (Å²) in [6.07, 6.45) is 6.98. The standard InChI is InChI=1S/C24H26N2OS/c1-16-9-11-18(12-10-16)26-22(27)20-21(25-23(26)28)19-8-4-3-7-17(19)15-24(20)13-5-2-6-14-24/h3-4,7-12,20-21H,2,5-6,13-15H2,1H3,(H,25,28). The average Bonchev–Trinajstić information content (AvgIpc) is 2.70. The molecule has 5 rings (SSSR count). The number of anilines is 1. The van der Waals surface area contributed by atoms with Crippen LogP contribution in [-0.4, -0.2) is 11.0 Å². The summed E-state index contributed by atoms with van der Waals surface area (Å²) in [5.74, 6) is 0.115. The van der Waals surface area contributed by atoms with Crippen molar-refractivity contribution in [2.45, 2.75) is 51.5 Å². The molecule has 28 heavy (non-hydrogen) atoms. The third kappa shape index (κ3) is 2.69. The lowest BCUT2D eigenvalue weighted by Crippen LogP contribution is -2.62. The summed E-state index contributed by atoms with van der Waals surface area (Å²) in [5, 5.41) is 4.10. The number of hydrogen-bond acceptors (Lipinski definition) is 2. The Hall–Kier alpha value is -2.20. The van der Waals surface area contributed by atoms with Crippen LogP contribution in [0.25, 0.3) is 0 Å². The topological polar surface area (TPSA) is 32.3 Å². The maximum absolute atomic E-state index is 13.9. The second-order valence-electron chi connectivity index (χ2n) is 8.71. The van der Waals surface area contributed by atoms with Crippen molar-refractivity contribution in [1.82, 2.24) is 5.32 Å². The molecule has 2 aliphatic carbocycles. The zero-order valence-electron chi connectivity index (χ0n) is 16.3. The summed E-state index contributed by atoms with van der Waals surface area (Å²) >= 11 is 5.70. The number of thiocarbonyl (C=S) groups is 1. The quantitative estimate of drug-likeness (QED) is 0.689. The first-order valence-electron chi connectivity index (χ1n) is 10.4. The van der Waals surface area contributed by atoms with Gasteiger partial charge in [0.1, 0.15) is 0 Å². The SMILES string of the molecule is Cc1ccc(N2C(=O)C3C(NC2=S)c2ccccc2CC32CCCCC2)cc1. The second kappa shape index (κ2) is 6.70. The minimum atomic E-state index is -0.0595. The lowest BCUT2D eigenvalue weighted by Gasteiger charge is -2.54. The molecule has 2 fully saturated rings. The van der Waals surface area contributed by atoms with Gasteiger partial charge in [0.05, 0.1) is 17.6 Å². The third-order valence-electron chi connectivity index (χ3n) is 7.04. The van der Waals surface area contributed by atoms with Crippen LogP contribution in [0.4, 0.5) is 5.69 Å². The van der Waals surface area contributed by atoms with Gasteiger partial charge in [-0.15, -0.1) is 0 Å². The van der Waals surface area contributed by atoms with E-state index < -0.39 is 0 Å². The summed E-state index contributed by atoms with van der Waals surface area (Å²) in [5.41, 5.74) is 4.73. The molecular weight excluding hydrogens is 364 g/mol. The molecule has 1 amide bonds. The van der Waals surface area contributed by atoms with Crippen LogP contribution in [-0.2, 0) is 11.2 Å². The van der Waals surface area contributed by atoms with Gasteiger partial charge in [-0.3, -0.25) is 9.69 Å². The van der Waals surface area contributed by atoms with Crippen LogP contribution < -0.4 is 10.2 Å². The molecule has 3 aliphatic rings. The van der Waals surface area contributed by atoms with Crippen molar-refractivity contribution in [1.29, 1.82) is 0 Å². The zero-order chi connectivity index (χ0) is 19.3. The summed E-state index contributed by atoms with van der Waals surface area (Å²) in [6.45, 7) is 2.06. The summed E-state index contributed by atoms with van der Waals surface area (Å²) in [7, 11) is 0. The van der Waals surface area contributed by atoms with E-state index in [-0.39, 0.29) is 23.3 Å². The van der Waals surface area contributed by atoms with Crippen molar-refractivity contribution in [3.8, 4) is 0 Å². The molecule has 1 saturated heterocycles. The van der Waals surface area contributed by atoms with Crippen molar-refractivity contribution in [3.05, 3.63) is 65.2 Å². The number of hydrogen-bond donors (Lipinski definition) is 1. The van der Waals surface area contributed by atoms with Crippen molar-refractivity contribution < 1.29 is 4.79 Å². The molecular formula is C24H26N2OS. The molecule has 4 heteroatoms. The number of fused-ring (bicyclic) bond motifs is 4. The molecule has 0 aromatic heterocycles. The Morgan fingerprint density at radius 3 is 2.50 bits per heavy atom. The Morgan fingerprint density at radius 1 is 1.04 bits per heavy atom. The highest BCUT2D eigenvalue weighted by molar-refractivity contribution is 7.80. The molecule has 1 N–H and O–H groups in total. The summed E-state index contributed by atoms with van der Waals surface area (Å²) in [6, 6.07) is 16.7. The van der Waals surface area contributed by atoms with Crippen LogP contribution in [0, 0.1) is 18.3 Å². The van der Waals surface area contributed by atoms with Gasteiger partial charge in [0.25, 0.3) is 0 Å². The fourth-order valence-electron chi connectivity index (χ4n) is 5.71. The van der Waals surface area contributed by atoms with Crippen LogP contribution in [0.15, 0.2) is 48.5 Å². The number of aryl methyl sites for hydroxylation is 1. The van der Waals surface area contributed by atoms with E-state index in [1.54, 1.807) is 4.90 Å². The minimum Gasteiger partial charge on any atom is -0.354 e. The molecule has 1 heterocycles. The molecule has 0 radical (unpaired) electrons. The highest BCUT2D eigenvalue weighted by atomic mass is 32.1. The van der Waals surface area contributed by atoms with Crippen LogP contribution in [0.3, 0.4) is 0 Å². The van der Waals surface area contributed by atoms with Crippen molar-refractivity contribution in [2.24, 2.45) is 11.3 Å². The highest BCUT2D eigenvalue weighted by Gasteiger charge is 2.55. The van der Waals surface area contributed by atoms with Gasteiger partial charge in [-0.25, -0.2) is 0 Å². The van der Waals surface area contributed by atoms with Crippen molar-refractivity contribution in [3.63, 3.8) is 0 Å². The monoisotopic (exact) mass is 390 g/mol. The second-order valence-corrected chi connectivity index (χ2v) is 9.10. The number of benzene rings is 2. The minimum absolute atomic E-state index is 0.00949. The first-order chi connectivity index (χ1) is 13.6. The lowest BCUT2D eigenvalue weighted by molar-refractivity contribution is -0.130. The first kappa shape index (κ1) is 17.9. The third-order valence-corrected chi connectivity index (χ3v) is 7.34. The van der Waals surface area contributed by atoms with Gasteiger partial charge < -0.3 is 5.32 Å². The molecule has 2 aromatic carbocycles. The van der Waals surface area contributed by atoms with Crippen molar-refractivity contribution >= 4 is 28.9 Å². The fourth-order valence-corrected chi connectivity index (χ4v) is 6.03. The Balaban J connectivity index is 1.61. The summed E-state index contributed by atoms with van der Waals surface area (Å²) < 4.78 is 0. The van der Waals surface area contributed by atoms with Gasteiger partial charge in [-0.05, 0) is 67.1 Å². The molecule has 0 bridgehead atoms. The van der Waals surface area contributed by atoms with Crippen LogP contribution in [0.5, 0.6) is 0 Å². The average molecular weight is 391 g/mol. The Morgan fingerprint density at radius 2 is 1.75 bits per heavy atom. The maximum atomic E-state index is 13.9. The molecule has 2 atom stereocenters. The predicted octanol–water partition coefficient (Wildman–Crippen LogP) is 5.08. The molecule has 3 nitrogen and oxygen atoms in total. The van der Waals surface area contributed by atoms with Gasteiger partial charge in [0.2, 0.25) is 5.91 Å². The number of nitrogens with one attached hydrogen (secondary N) is 1. The number of nitrogens with zero attached hydrogens (tertiary/aromatic N) is 1. The lowest BCUT2D eigenvalue weighted by atomic mass is 9.55. The van der Waals surface area contributed by atoms with Crippen LogP contribution >= 0.6 is 12.2 Å². The molecule has 144 valence electrons. The maximum Gasteiger partial charge on any atom is 0.239 e. The van der Waals surface area contributed by atoms with E-state index >= 15 is 0 Å². The van der Waals surface area contributed by atoms with Crippen LogP contribution in [0.1, 0.15) is 54.8 Å². The Bertz CT molecular complexity index is 930. The largest absolute Gasteiger partial charge is 0.354 e. The van der Waals surface area contributed by atoms with E-state index in [0.717, 1.165) is 24.9 Å². The van der Waals surface area contributed by atoms with Crippen molar-refractivity contribution in [2.75, 3.05) is 4.90 Å². The zero-order valence-corrected chi connectivity index (χ0v) is 17.1. The fraction of sp³-hybridized carbons (Fsp3) is 0.417. The Kier molecular flexibility index (Phi) is 4.27. The van der Waals surface area contributed by atoms with Gasteiger partial charge in [-0.1, -0.05) is 61.2 Å². The number of carbonyl (C=O) groups is 1. The molecule has 1 saturated carbocycles. The first-order valence-corrected chi connectivity index (χ1v) is 10.8. The highest BCUT2D eigenvalue weighted by Crippen LogP contribution is 2.55. The normalized spacial score (nSPS) is 25.8. The Labute approximate surface area is 172 Å². The van der Waals surface area contributed by atoms with E-state index in [2.05, 4.69) is 36.5 Å². The van der Waals surface area contributed by atoms with Gasteiger partial charge in [0.15, 0.2) is 5.11 Å². The summed E-state index contributed by atoms with van der Waals surface area (Å²) in [4.78, 5) is 15.7. The van der Waals surface area contributed by atoms with Gasteiger partial charge in [-0.2, -0.15) is 0 Å². The van der Waals surface area contributed by atoms with E-state index in [1.165, 1.54) is 36.0 Å². The van der Waals surface area contributed by atoms with E-state index in [9.17, 15) is 4.79 Å². The van der Waals surface area contributed by atoms with Gasteiger partial charge >= 0.3 is 0 Å². The number of amides is 1. The number of carbonyl (C=O) groups excluding carboxylic acids is 1. The molecule has 1 aliphatic heterocycles. The predicted molar refractivity (Wildman–Crippen MR) is 116 cm³/mol. The smallest absolute Gasteiger partial charge is 0.239 e. The molecule has 1 spiro atoms. The van der Waals surface area contributed by atoms with E-state index in [1.807, 2.05) is 24.3 Å². The van der Waals surface area contributed by atoms with E-state index in [0.29, 0.717) is 5.11 Å². The van der Waals surface area contributed by atoms with Gasteiger partial charge in [0, 0.05) is 0 Å².